The van der Waals surface area contributed by atoms with Crippen LogP contribution in [0.1, 0.15) is 16.7 Å². The van der Waals surface area contributed by atoms with Gasteiger partial charge in [0.15, 0.2) is 17.3 Å². The zero-order valence-corrected chi connectivity index (χ0v) is 19.3. The zero-order valence-electron chi connectivity index (χ0n) is 19.3. The zero-order chi connectivity index (χ0) is 25.1. The number of benzene rings is 3. The molecule has 182 valence electrons. The van der Waals surface area contributed by atoms with Gasteiger partial charge in [-0.3, -0.25) is 0 Å². The molecule has 0 aliphatic rings. The summed E-state index contributed by atoms with van der Waals surface area (Å²) in [6.07, 6.45) is -2.75. The molecule has 5 rings (SSSR count). The molecule has 6 nitrogen and oxygen atoms in total. The van der Waals surface area contributed by atoms with Crippen LogP contribution in [-0.4, -0.2) is 26.6 Å². The fourth-order valence-corrected chi connectivity index (χ4v) is 3.83. The number of halogens is 3. The molecule has 0 radical (unpaired) electrons. The van der Waals surface area contributed by atoms with Crippen LogP contribution in [0.15, 0.2) is 85.2 Å². The van der Waals surface area contributed by atoms with Gasteiger partial charge in [0.05, 0.1) is 25.5 Å². The van der Waals surface area contributed by atoms with Crippen molar-refractivity contribution in [1.29, 1.82) is 0 Å². The number of nitrogens with one attached hydrogen (secondary N) is 1. The molecular formula is C27H22F3N5O. The van der Waals surface area contributed by atoms with Crippen LogP contribution in [0.3, 0.4) is 0 Å². The van der Waals surface area contributed by atoms with Gasteiger partial charge in [-0.1, -0.05) is 42.5 Å². The second-order valence-electron chi connectivity index (χ2n) is 8.20. The topological polar surface area (TPSA) is 64.9 Å². The molecule has 2 heterocycles. The molecule has 0 atom stereocenters. The first-order valence-corrected chi connectivity index (χ1v) is 11.2. The van der Waals surface area contributed by atoms with Gasteiger partial charge in [-0.2, -0.15) is 13.2 Å². The maximum absolute atomic E-state index is 13.0. The molecule has 0 saturated carbocycles. The fraction of sp³-hybridized carbons (Fsp3) is 0.148. The number of anilines is 1. The lowest BCUT2D eigenvalue weighted by atomic mass is 10.1. The van der Waals surface area contributed by atoms with Crippen LogP contribution in [0.4, 0.5) is 19.0 Å². The van der Waals surface area contributed by atoms with Crippen molar-refractivity contribution >= 4 is 17.0 Å². The van der Waals surface area contributed by atoms with Gasteiger partial charge < -0.3 is 14.6 Å². The van der Waals surface area contributed by atoms with E-state index in [4.69, 9.17) is 14.7 Å². The number of imidazole rings is 1. The summed E-state index contributed by atoms with van der Waals surface area (Å²) >= 11 is 0. The molecule has 9 heteroatoms. The summed E-state index contributed by atoms with van der Waals surface area (Å²) in [6, 6.07) is 22.4. The molecule has 0 bridgehead atoms. The monoisotopic (exact) mass is 489 g/mol. The van der Waals surface area contributed by atoms with Crippen molar-refractivity contribution in [3.8, 4) is 17.1 Å². The molecule has 0 fully saturated rings. The Kier molecular flexibility index (Phi) is 6.28. The largest absolute Gasteiger partial charge is 0.497 e. The second kappa shape index (κ2) is 9.69. The minimum absolute atomic E-state index is 0.311. The van der Waals surface area contributed by atoms with Gasteiger partial charge in [0.25, 0.3) is 0 Å². The van der Waals surface area contributed by atoms with E-state index in [1.165, 1.54) is 12.1 Å². The highest BCUT2D eigenvalue weighted by molar-refractivity contribution is 5.85. The highest BCUT2D eigenvalue weighted by Crippen LogP contribution is 2.30. The van der Waals surface area contributed by atoms with Crippen molar-refractivity contribution in [2.24, 2.45) is 0 Å². The van der Waals surface area contributed by atoms with Crippen molar-refractivity contribution in [3.63, 3.8) is 0 Å². The van der Waals surface area contributed by atoms with E-state index in [0.717, 1.165) is 29.0 Å². The van der Waals surface area contributed by atoms with E-state index >= 15 is 0 Å². The summed E-state index contributed by atoms with van der Waals surface area (Å²) in [7, 11) is 1.60. The molecule has 0 spiro atoms. The van der Waals surface area contributed by atoms with E-state index < -0.39 is 11.7 Å². The van der Waals surface area contributed by atoms with Gasteiger partial charge in [-0.05, 0) is 47.5 Å². The number of hydrogen-bond acceptors (Lipinski definition) is 5. The van der Waals surface area contributed by atoms with Crippen LogP contribution in [0.25, 0.3) is 22.6 Å². The predicted octanol–water partition coefficient (Wildman–Crippen LogP) is 6.18. The average Bonchev–Trinajstić information content (AvgIpc) is 3.30. The first-order valence-electron chi connectivity index (χ1n) is 11.2. The lowest BCUT2D eigenvalue weighted by molar-refractivity contribution is -0.137. The number of nitrogens with zero attached hydrogens (tertiary/aromatic N) is 4. The van der Waals surface area contributed by atoms with Crippen molar-refractivity contribution < 1.29 is 17.9 Å². The summed E-state index contributed by atoms with van der Waals surface area (Å²) < 4.78 is 45.9. The SMILES string of the molecule is COc1ccc(-c2nc(NCc3ccccc3)c3ncn(Cc4ccc(C(F)(F)F)cc4)c3n2)cc1. The quantitative estimate of drug-likeness (QED) is 0.296. The Morgan fingerprint density at radius 1 is 0.861 bits per heavy atom. The molecule has 0 saturated heterocycles. The summed E-state index contributed by atoms with van der Waals surface area (Å²) in [4.78, 5) is 14.0. The first kappa shape index (κ1) is 23.3. The summed E-state index contributed by atoms with van der Waals surface area (Å²) in [5.41, 5.74) is 3.05. The lowest BCUT2D eigenvalue weighted by Crippen LogP contribution is -2.07. The Morgan fingerprint density at radius 3 is 2.25 bits per heavy atom. The molecule has 0 unspecified atom stereocenters. The van der Waals surface area contributed by atoms with Crippen molar-refractivity contribution in [1.82, 2.24) is 19.5 Å². The normalized spacial score (nSPS) is 11.6. The summed E-state index contributed by atoms with van der Waals surface area (Å²) in [6.45, 7) is 0.854. The van der Waals surface area contributed by atoms with Gasteiger partial charge in [-0.15, -0.1) is 0 Å². The highest BCUT2D eigenvalue weighted by atomic mass is 19.4. The number of rotatable bonds is 7. The van der Waals surface area contributed by atoms with E-state index in [0.29, 0.717) is 41.5 Å². The maximum atomic E-state index is 13.0. The van der Waals surface area contributed by atoms with Gasteiger partial charge in [0.2, 0.25) is 0 Å². The van der Waals surface area contributed by atoms with Crippen molar-refractivity contribution in [2.45, 2.75) is 19.3 Å². The third-order valence-electron chi connectivity index (χ3n) is 5.75. The van der Waals surface area contributed by atoms with Crippen LogP contribution in [0, 0.1) is 0 Å². The fourth-order valence-electron chi connectivity index (χ4n) is 3.83. The molecule has 0 aliphatic carbocycles. The minimum atomic E-state index is -4.37. The van der Waals surface area contributed by atoms with E-state index in [9.17, 15) is 13.2 Å². The average molecular weight is 490 g/mol. The molecular weight excluding hydrogens is 467 g/mol. The van der Waals surface area contributed by atoms with Gasteiger partial charge in [0, 0.05) is 12.1 Å². The number of hydrogen-bond donors (Lipinski definition) is 1. The van der Waals surface area contributed by atoms with E-state index in [1.807, 2.05) is 54.6 Å². The third-order valence-corrected chi connectivity index (χ3v) is 5.75. The number of methoxy groups -OCH3 is 1. The lowest BCUT2D eigenvalue weighted by Gasteiger charge is -2.11. The molecule has 2 aromatic heterocycles. The minimum Gasteiger partial charge on any atom is -0.497 e. The van der Waals surface area contributed by atoms with Crippen LogP contribution in [-0.2, 0) is 19.3 Å². The number of ether oxygens (including phenoxy) is 1. The summed E-state index contributed by atoms with van der Waals surface area (Å²) in [5, 5.41) is 3.36. The smallest absolute Gasteiger partial charge is 0.416 e. The van der Waals surface area contributed by atoms with E-state index in [1.54, 1.807) is 18.0 Å². The summed E-state index contributed by atoms with van der Waals surface area (Å²) in [5.74, 6) is 1.78. The van der Waals surface area contributed by atoms with Gasteiger partial charge >= 0.3 is 6.18 Å². The number of aromatic nitrogens is 4. The van der Waals surface area contributed by atoms with Crippen molar-refractivity contribution in [3.05, 3.63) is 102 Å². The Morgan fingerprint density at radius 2 is 1.58 bits per heavy atom. The Labute approximate surface area is 205 Å². The highest BCUT2D eigenvalue weighted by Gasteiger charge is 2.30. The molecule has 5 aromatic rings. The Balaban J connectivity index is 1.52. The number of fused-ring (bicyclic) bond motifs is 1. The van der Waals surface area contributed by atoms with Gasteiger partial charge in [0.1, 0.15) is 11.3 Å². The van der Waals surface area contributed by atoms with Crippen LogP contribution < -0.4 is 10.1 Å². The first-order chi connectivity index (χ1) is 17.4. The molecule has 3 aromatic carbocycles. The van der Waals surface area contributed by atoms with E-state index in [-0.39, 0.29) is 0 Å². The van der Waals surface area contributed by atoms with Crippen LogP contribution in [0.5, 0.6) is 5.75 Å². The molecule has 1 N–H and O–H groups in total. The standard InChI is InChI=1S/C27H22F3N5O/c1-36-22-13-9-20(10-14-22)24-33-25(31-15-18-5-3-2-4-6-18)23-26(34-24)35(17-32-23)16-19-7-11-21(12-8-19)27(28,29)30/h2-14,17H,15-16H2,1H3,(H,31,33,34). The molecule has 0 aliphatic heterocycles. The molecule has 0 amide bonds. The maximum Gasteiger partial charge on any atom is 0.416 e. The second-order valence-corrected chi connectivity index (χ2v) is 8.20. The predicted molar refractivity (Wildman–Crippen MR) is 132 cm³/mol. The van der Waals surface area contributed by atoms with Gasteiger partial charge in [-0.25, -0.2) is 15.0 Å². The van der Waals surface area contributed by atoms with Crippen LogP contribution in [0.2, 0.25) is 0 Å². The Bertz CT molecular complexity index is 1460. The Hall–Kier alpha value is -4.40. The third kappa shape index (κ3) is 5.00. The van der Waals surface area contributed by atoms with E-state index in [2.05, 4.69) is 10.3 Å². The molecule has 36 heavy (non-hydrogen) atoms. The van der Waals surface area contributed by atoms with Crippen molar-refractivity contribution in [2.75, 3.05) is 12.4 Å². The van der Waals surface area contributed by atoms with Crippen LogP contribution >= 0.6 is 0 Å². The number of alkyl halides is 3.